The minimum absolute atomic E-state index is 0.0567. The highest BCUT2D eigenvalue weighted by molar-refractivity contribution is 9.10. The first kappa shape index (κ1) is 12.5. The molecule has 5 heteroatoms. The molecule has 0 saturated heterocycles. The maximum atomic E-state index is 11.2. The molecule has 0 aliphatic rings. The first-order valence-corrected chi connectivity index (χ1v) is 5.67. The van der Waals surface area contributed by atoms with Gasteiger partial charge in [0.25, 0.3) is 0 Å². The van der Waals surface area contributed by atoms with E-state index >= 15 is 0 Å². The minimum atomic E-state index is -0.0567. The Morgan fingerprint density at radius 2 is 2.31 bits per heavy atom. The van der Waals surface area contributed by atoms with Crippen LogP contribution in [0.2, 0.25) is 0 Å². The van der Waals surface area contributed by atoms with Crippen molar-refractivity contribution in [2.75, 3.05) is 18.4 Å². The molecule has 0 aliphatic heterocycles. The molecule has 0 spiro atoms. The van der Waals surface area contributed by atoms with Gasteiger partial charge in [0, 0.05) is 16.7 Å². The number of benzene rings is 1. The van der Waals surface area contributed by atoms with Gasteiger partial charge in [-0.25, -0.2) is 0 Å². The molecular weight excluding hydrogens is 270 g/mol. The number of rotatable bonds is 4. The Kier molecular flexibility index (Phi) is 4.80. The van der Waals surface area contributed by atoms with Gasteiger partial charge in [-0.2, -0.15) is 5.26 Å². The monoisotopic (exact) mass is 281 g/mol. The summed E-state index contributed by atoms with van der Waals surface area (Å²) >= 11 is 3.33. The molecule has 0 radical (unpaired) electrons. The summed E-state index contributed by atoms with van der Waals surface area (Å²) in [5, 5.41) is 14.4. The number of carbonyl (C=O) groups excluding carboxylic acids is 1. The highest BCUT2D eigenvalue weighted by Gasteiger charge is 2.03. The third-order valence-corrected chi connectivity index (χ3v) is 2.57. The molecule has 1 amide bonds. The van der Waals surface area contributed by atoms with E-state index in [0.717, 1.165) is 10.2 Å². The second-order valence-corrected chi connectivity index (χ2v) is 3.97. The lowest BCUT2D eigenvalue weighted by atomic mass is 10.2. The van der Waals surface area contributed by atoms with E-state index in [9.17, 15) is 4.79 Å². The SMILES string of the molecule is CCNC(=O)CNc1ccc(C#N)cc1Br. The second kappa shape index (κ2) is 6.13. The molecular formula is C11H12BrN3O. The Morgan fingerprint density at radius 1 is 1.56 bits per heavy atom. The van der Waals surface area contributed by atoms with Gasteiger partial charge in [-0.3, -0.25) is 4.79 Å². The zero-order chi connectivity index (χ0) is 12.0. The van der Waals surface area contributed by atoms with Gasteiger partial charge in [-0.15, -0.1) is 0 Å². The van der Waals surface area contributed by atoms with Crippen LogP contribution in [0, 0.1) is 11.3 Å². The molecule has 1 aromatic carbocycles. The van der Waals surface area contributed by atoms with Gasteiger partial charge in [-0.05, 0) is 41.1 Å². The standard InChI is InChI=1S/C11H12BrN3O/c1-2-14-11(16)7-15-10-4-3-8(6-13)5-9(10)12/h3-5,15H,2,7H2,1H3,(H,14,16). The lowest BCUT2D eigenvalue weighted by Gasteiger charge is -2.08. The fraction of sp³-hybridized carbons (Fsp3) is 0.273. The third-order valence-electron chi connectivity index (χ3n) is 1.91. The molecule has 4 nitrogen and oxygen atoms in total. The summed E-state index contributed by atoms with van der Waals surface area (Å²) in [6, 6.07) is 7.22. The Balaban J connectivity index is 2.62. The molecule has 2 N–H and O–H groups in total. The van der Waals surface area contributed by atoms with Crippen LogP contribution in [0.5, 0.6) is 0 Å². The smallest absolute Gasteiger partial charge is 0.239 e. The fourth-order valence-electron chi connectivity index (χ4n) is 1.16. The first-order chi connectivity index (χ1) is 7.67. The van der Waals surface area contributed by atoms with Gasteiger partial charge in [0.15, 0.2) is 0 Å². The van der Waals surface area contributed by atoms with Crippen molar-refractivity contribution in [1.29, 1.82) is 5.26 Å². The van der Waals surface area contributed by atoms with Crippen molar-refractivity contribution >= 4 is 27.5 Å². The van der Waals surface area contributed by atoms with Crippen LogP contribution in [0.15, 0.2) is 22.7 Å². The number of nitrogens with one attached hydrogen (secondary N) is 2. The van der Waals surface area contributed by atoms with E-state index in [1.54, 1.807) is 18.2 Å². The number of hydrogen-bond donors (Lipinski definition) is 2. The van der Waals surface area contributed by atoms with E-state index in [1.807, 2.05) is 13.0 Å². The Hall–Kier alpha value is -1.54. The van der Waals surface area contributed by atoms with Crippen LogP contribution < -0.4 is 10.6 Å². The van der Waals surface area contributed by atoms with E-state index in [0.29, 0.717) is 12.1 Å². The van der Waals surface area contributed by atoms with Gasteiger partial charge in [-0.1, -0.05) is 0 Å². The van der Waals surface area contributed by atoms with Crippen molar-refractivity contribution in [3.8, 4) is 6.07 Å². The Bertz CT molecular complexity index is 426. The number of halogens is 1. The van der Waals surface area contributed by atoms with Crippen LogP contribution in [0.25, 0.3) is 0 Å². The summed E-state index contributed by atoms with van der Waals surface area (Å²) in [5.74, 6) is -0.0567. The molecule has 84 valence electrons. The van der Waals surface area contributed by atoms with Crippen molar-refractivity contribution in [2.45, 2.75) is 6.92 Å². The lowest BCUT2D eigenvalue weighted by Crippen LogP contribution is -2.29. The molecule has 0 unspecified atom stereocenters. The van der Waals surface area contributed by atoms with Gasteiger partial charge in [0.05, 0.1) is 18.2 Å². The maximum Gasteiger partial charge on any atom is 0.239 e. The van der Waals surface area contributed by atoms with E-state index < -0.39 is 0 Å². The normalized spacial score (nSPS) is 9.31. The third kappa shape index (κ3) is 3.55. The molecule has 0 aliphatic carbocycles. The van der Waals surface area contributed by atoms with Gasteiger partial charge >= 0.3 is 0 Å². The predicted octanol–water partition coefficient (Wildman–Crippen LogP) is 1.87. The minimum Gasteiger partial charge on any atom is -0.375 e. The van der Waals surface area contributed by atoms with Gasteiger partial charge in [0.1, 0.15) is 0 Å². The number of likely N-dealkylation sites (N-methyl/N-ethyl adjacent to an activating group) is 1. The molecule has 0 heterocycles. The number of amides is 1. The molecule has 0 atom stereocenters. The highest BCUT2D eigenvalue weighted by atomic mass is 79.9. The van der Waals surface area contributed by atoms with Gasteiger partial charge < -0.3 is 10.6 Å². The second-order valence-electron chi connectivity index (χ2n) is 3.11. The fourth-order valence-corrected chi connectivity index (χ4v) is 1.68. The molecule has 0 aromatic heterocycles. The lowest BCUT2D eigenvalue weighted by molar-refractivity contribution is -0.119. The molecule has 0 fully saturated rings. The topological polar surface area (TPSA) is 64.9 Å². The van der Waals surface area contributed by atoms with E-state index in [2.05, 4.69) is 26.6 Å². The average Bonchev–Trinajstić information content (AvgIpc) is 2.27. The summed E-state index contributed by atoms with van der Waals surface area (Å²) < 4.78 is 0.774. The molecule has 1 aromatic rings. The van der Waals surface area contributed by atoms with Crippen molar-refractivity contribution in [3.05, 3.63) is 28.2 Å². The van der Waals surface area contributed by atoms with Crippen molar-refractivity contribution in [2.24, 2.45) is 0 Å². The number of nitriles is 1. The Labute approximate surface area is 103 Å². The maximum absolute atomic E-state index is 11.2. The van der Waals surface area contributed by atoms with Crippen LogP contribution in [-0.4, -0.2) is 19.0 Å². The number of carbonyl (C=O) groups is 1. The summed E-state index contributed by atoms with van der Waals surface area (Å²) in [6.45, 7) is 2.71. The van der Waals surface area contributed by atoms with Crippen LogP contribution in [0.4, 0.5) is 5.69 Å². The number of nitrogens with zero attached hydrogens (tertiary/aromatic N) is 1. The van der Waals surface area contributed by atoms with Crippen molar-refractivity contribution in [3.63, 3.8) is 0 Å². The van der Waals surface area contributed by atoms with Crippen LogP contribution in [0.3, 0.4) is 0 Å². The largest absolute Gasteiger partial charge is 0.375 e. The van der Waals surface area contributed by atoms with E-state index in [-0.39, 0.29) is 12.5 Å². The zero-order valence-electron chi connectivity index (χ0n) is 8.88. The van der Waals surface area contributed by atoms with E-state index in [4.69, 9.17) is 5.26 Å². The number of hydrogen-bond acceptors (Lipinski definition) is 3. The van der Waals surface area contributed by atoms with Crippen LogP contribution in [0.1, 0.15) is 12.5 Å². The highest BCUT2D eigenvalue weighted by Crippen LogP contribution is 2.22. The summed E-state index contributed by atoms with van der Waals surface area (Å²) in [4.78, 5) is 11.2. The Morgan fingerprint density at radius 3 is 2.88 bits per heavy atom. The predicted molar refractivity (Wildman–Crippen MR) is 66.0 cm³/mol. The van der Waals surface area contributed by atoms with Crippen molar-refractivity contribution < 1.29 is 4.79 Å². The summed E-state index contributed by atoms with van der Waals surface area (Å²) in [6.07, 6.45) is 0. The summed E-state index contributed by atoms with van der Waals surface area (Å²) in [7, 11) is 0. The zero-order valence-corrected chi connectivity index (χ0v) is 10.5. The van der Waals surface area contributed by atoms with Crippen molar-refractivity contribution in [1.82, 2.24) is 5.32 Å². The average molecular weight is 282 g/mol. The summed E-state index contributed by atoms with van der Waals surface area (Å²) in [5.41, 5.74) is 1.38. The molecule has 0 bridgehead atoms. The van der Waals surface area contributed by atoms with Gasteiger partial charge in [0.2, 0.25) is 5.91 Å². The molecule has 1 rings (SSSR count). The molecule has 16 heavy (non-hydrogen) atoms. The quantitative estimate of drug-likeness (QED) is 0.886. The first-order valence-electron chi connectivity index (χ1n) is 4.87. The van der Waals surface area contributed by atoms with E-state index in [1.165, 1.54) is 0 Å². The van der Waals surface area contributed by atoms with Crippen LogP contribution in [-0.2, 0) is 4.79 Å². The molecule has 0 saturated carbocycles. The number of anilines is 1. The van der Waals surface area contributed by atoms with Crippen LogP contribution >= 0.6 is 15.9 Å².